The van der Waals surface area contributed by atoms with Gasteiger partial charge in [-0.1, -0.05) is 152 Å². The number of benzene rings is 9. The Morgan fingerprint density at radius 3 is 1.84 bits per heavy atom. The summed E-state index contributed by atoms with van der Waals surface area (Å²) in [7, 11) is 0. The van der Waals surface area contributed by atoms with Gasteiger partial charge in [0.25, 0.3) is 0 Å². The van der Waals surface area contributed by atoms with Crippen LogP contribution >= 0.6 is 11.3 Å². The van der Waals surface area contributed by atoms with E-state index >= 15 is 0 Å². The molecule has 11 aromatic rings. The minimum absolute atomic E-state index is 0.638. The minimum atomic E-state index is 0.638. The SMILES string of the molecule is c1ccc(-c2ccc(N(c3ccc(-c4cccc5ccccc45)c(-c4ccccc4)c3)c3cccc4c3sc3cc5nc(-c6ccccc6)oc5cc34)cc2)cc1. The van der Waals surface area contributed by atoms with Crippen LogP contribution in [0.25, 0.3) is 86.9 Å². The summed E-state index contributed by atoms with van der Waals surface area (Å²) in [4.78, 5) is 7.33. The van der Waals surface area contributed by atoms with Crippen molar-refractivity contribution in [1.82, 2.24) is 4.98 Å². The number of anilines is 3. The molecule has 268 valence electrons. The molecule has 9 aromatic carbocycles. The average molecular weight is 747 g/mol. The highest BCUT2D eigenvalue weighted by Crippen LogP contribution is 2.48. The van der Waals surface area contributed by atoms with Gasteiger partial charge in [-0.25, -0.2) is 4.98 Å². The van der Waals surface area contributed by atoms with E-state index in [1.165, 1.54) is 58.9 Å². The Morgan fingerprint density at radius 2 is 1.05 bits per heavy atom. The molecule has 0 bridgehead atoms. The third-order valence-corrected chi connectivity index (χ3v) is 12.1. The minimum Gasteiger partial charge on any atom is -0.436 e. The Morgan fingerprint density at radius 1 is 0.421 bits per heavy atom. The maximum Gasteiger partial charge on any atom is 0.227 e. The topological polar surface area (TPSA) is 29.3 Å². The number of oxazole rings is 1. The summed E-state index contributed by atoms with van der Waals surface area (Å²) >= 11 is 1.80. The zero-order valence-corrected chi connectivity index (χ0v) is 31.7. The number of fused-ring (bicyclic) bond motifs is 5. The van der Waals surface area contributed by atoms with Crippen LogP contribution in [0.2, 0.25) is 0 Å². The van der Waals surface area contributed by atoms with Crippen LogP contribution < -0.4 is 4.90 Å². The molecule has 2 heterocycles. The van der Waals surface area contributed by atoms with Crippen molar-refractivity contribution in [2.24, 2.45) is 0 Å². The molecule has 0 N–H and O–H groups in total. The summed E-state index contributed by atoms with van der Waals surface area (Å²) < 4.78 is 8.74. The number of nitrogens with zero attached hydrogens (tertiary/aromatic N) is 2. The molecule has 2 aromatic heterocycles. The van der Waals surface area contributed by atoms with Gasteiger partial charge < -0.3 is 9.32 Å². The first kappa shape index (κ1) is 33.1. The van der Waals surface area contributed by atoms with E-state index in [2.05, 4.69) is 181 Å². The summed E-state index contributed by atoms with van der Waals surface area (Å²) in [6.07, 6.45) is 0. The van der Waals surface area contributed by atoms with Crippen molar-refractivity contribution in [3.05, 3.63) is 206 Å². The summed E-state index contributed by atoms with van der Waals surface area (Å²) in [5, 5.41) is 4.82. The average Bonchev–Trinajstić information content (AvgIpc) is 3.88. The molecule has 0 unspecified atom stereocenters. The van der Waals surface area contributed by atoms with Crippen LogP contribution in [0, 0.1) is 0 Å². The molecule has 0 aliphatic carbocycles. The van der Waals surface area contributed by atoms with E-state index in [4.69, 9.17) is 9.40 Å². The molecule has 57 heavy (non-hydrogen) atoms. The van der Waals surface area contributed by atoms with Crippen LogP contribution in [-0.4, -0.2) is 4.98 Å². The van der Waals surface area contributed by atoms with E-state index in [0.29, 0.717) is 5.89 Å². The van der Waals surface area contributed by atoms with Gasteiger partial charge in [-0.05, 0) is 98.8 Å². The normalized spacial score (nSPS) is 11.5. The number of thiophene rings is 1. The third-order valence-electron chi connectivity index (χ3n) is 10.9. The van der Waals surface area contributed by atoms with Gasteiger partial charge in [0.15, 0.2) is 5.58 Å². The molecule has 0 fully saturated rings. The molecule has 0 aliphatic heterocycles. The summed E-state index contributed by atoms with van der Waals surface area (Å²) in [5.41, 5.74) is 13.1. The zero-order chi connectivity index (χ0) is 37.7. The van der Waals surface area contributed by atoms with Crippen molar-refractivity contribution in [2.75, 3.05) is 4.90 Å². The number of hydrogen-bond donors (Lipinski definition) is 0. The van der Waals surface area contributed by atoms with E-state index in [1.807, 2.05) is 30.3 Å². The van der Waals surface area contributed by atoms with Gasteiger partial charge in [-0.3, -0.25) is 0 Å². The molecule has 3 nitrogen and oxygen atoms in total. The van der Waals surface area contributed by atoms with Crippen molar-refractivity contribution >= 4 is 70.4 Å². The van der Waals surface area contributed by atoms with Crippen LogP contribution in [0.3, 0.4) is 0 Å². The van der Waals surface area contributed by atoms with Gasteiger partial charge in [0.05, 0.1) is 10.4 Å². The molecular weight excluding hydrogens is 713 g/mol. The van der Waals surface area contributed by atoms with Crippen molar-refractivity contribution in [1.29, 1.82) is 0 Å². The fourth-order valence-electron chi connectivity index (χ4n) is 8.17. The lowest BCUT2D eigenvalue weighted by atomic mass is 9.90. The summed E-state index contributed by atoms with van der Waals surface area (Å²) in [6.45, 7) is 0. The highest BCUT2D eigenvalue weighted by Gasteiger charge is 2.22. The van der Waals surface area contributed by atoms with Crippen LogP contribution in [0.1, 0.15) is 0 Å². The van der Waals surface area contributed by atoms with E-state index in [0.717, 1.165) is 39.1 Å². The first-order chi connectivity index (χ1) is 28.2. The molecule has 0 atom stereocenters. The standard InChI is InChI=1S/C53H34N2OS/c1-4-14-35(15-5-1)36-26-28-40(29-27-36)55(41-30-31-44(46(32-41)38-16-6-2-7-17-38)43-23-12-21-37-18-10-11-22-42(37)43)49-25-13-24-45-47-33-50-48(34-51(47)57-52(45)49)54-53(56-50)39-19-8-3-9-20-39/h1-34H. The molecular formula is C53H34N2OS. The molecule has 0 radical (unpaired) electrons. The lowest BCUT2D eigenvalue weighted by Gasteiger charge is -2.27. The number of aromatic nitrogens is 1. The second-order valence-corrected chi connectivity index (χ2v) is 15.4. The zero-order valence-electron chi connectivity index (χ0n) is 30.8. The van der Waals surface area contributed by atoms with E-state index in [-0.39, 0.29) is 0 Å². The van der Waals surface area contributed by atoms with Crippen molar-refractivity contribution in [3.8, 4) is 44.8 Å². The Kier molecular flexibility index (Phi) is 8.01. The fraction of sp³-hybridized carbons (Fsp3) is 0. The quantitative estimate of drug-likeness (QED) is 0.163. The van der Waals surface area contributed by atoms with Crippen molar-refractivity contribution < 1.29 is 4.42 Å². The second-order valence-electron chi connectivity index (χ2n) is 14.3. The molecule has 0 saturated heterocycles. The monoisotopic (exact) mass is 746 g/mol. The summed E-state index contributed by atoms with van der Waals surface area (Å²) in [5.74, 6) is 0.638. The molecule has 0 amide bonds. The van der Waals surface area contributed by atoms with E-state index in [1.54, 1.807) is 11.3 Å². The Hall–Kier alpha value is -7.27. The Labute approximate surface area is 334 Å². The van der Waals surface area contributed by atoms with E-state index in [9.17, 15) is 0 Å². The number of rotatable bonds is 7. The lowest BCUT2D eigenvalue weighted by molar-refractivity contribution is 0.620. The Balaban J connectivity index is 1.12. The maximum absolute atomic E-state index is 6.36. The van der Waals surface area contributed by atoms with Crippen LogP contribution in [0.15, 0.2) is 211 Å². The highest BCUT2D eigenvalue weighted by atomic mass is 32.1. The molecule has 11 rings (SSSR count). The van der Waals surface area contributed by atoms with Gasteiger partial charge >= 0.3 is 0 Å². The second kappa shape index (κ2) is 13.8. The van der Waals surface area contributed by atoms with E-state index < -0.39 is 0 Å². The first-order valence-electron chi connectivity index (χ1n) is 19.2. The molecule has 0 saturated carbocycles. The van der Waals surface area contributed by atoms with Crippen molar-refractivity contribution in [3.63, 3.8) is 0 Å². The third kappa shape index (κ3) is 5.86. The smallest absolute Gasteiger partial charge is 0.227 e. The van der Waals surface area contributed by atoms with Crippen LogP contribution in [0.4, 0.5) is 17.1 Å². The van der Waals surface area contributed by atoms with Gasteiger partial charge in [0.1, 0.15) is 5.52 Å². The highest BCUT2D eigenvalue weighted by molar-refractivity contribution is 7.26. The predicted molar refractivity (Wildman–Crippen MR) is 241 cm³/mol. The van der Waals surface area contributed by atoms with Gasteiger partial charge in [0.2, 0.25) is 5.89 Å². The fourth-order valence-corrected chi connectivity index (χ4v) is 9.39. The Bertz CT molecular complexity index is 3220. The molecule has 4 heteroatoms. The first-order valence-corrected chi connectivity index (χ1v) is 20.0. The predicted octanol–water partition coefficient (Wildman–Crippen LogP) is 15.5. The maximum atomic E-state index is 6.36. The molecule has 0 aliphatic rings. The van der Waals surface area contributed by atoms with Gasteiger partial charge in [-0.2, -0.15) is 0 Å². The van der Waals surface area contributed by atoms with Crippen LogP contribution in [-0.2, 0) is 0 Å². The number of hydrogen-bond acceptors (Lipinski definition) is 4. The van der Waals surface area contributed by atoms with Crippen molar-refractivity contribution in [2.45, 2.75) is 0 Å². The molecule has 0 spiro atoms. The van der Waals surface area contributed by atoms with Gasteiger partial charge in [-0.15, -0.1) is 11.3 Å². The largest absolute Gasteiger partial charge is 0.436 e. The summed E-state index contributed by atoms with van der Waals surface area (Å²) in [6, 6.07) is 73.6. The van der Waals surface area contributed by atoms with Gasteiger partial charge in [0, 0.05) is 32.4 Å². The lowest BCUT2D eigenvalue weighted by Crippen LogP contribution is -2.10. The van der Waals surface area contributed by atoms with Crippen LogP contribution in [0.5, 0.6) is 0 Å².